The van der Waals surface area contributed by atoms with Gasteiger partial charge >= 0.3 is 6.18 Å². The summed E-state index contributed by atoms with van der Waals surface area (Å²) in [6, 6.07) is 2.46. The summed E-state index contributed by atoms with van der Waals surface area (Å²) in [4.78, 5) is 12.3. The van der Waals surface area contributed by atoms with E-state index in [1.807, 2.05) is 0 Å². The van der Waals surface area contributed by atoms with Gasteiger partial charge in [0, 0.05) is 11.5 Å². The number of alkyl halides is 3. The third-order valence-corrected chi connectivity index (χ3v) is 4.66. The highest BCUT2D eigenvalue weighted by Gasteiger charge is 2.57. The van der Waals surface area contributed by atoms with Gasteiger partial charge in [0.15, 0.2) is 5.78 Å². The number of hydrogen-bond acceptors (Lipinski definition) is 2. The lowest BCUT2D eigenvalue weighted by Gasteiger charge is -2.23. The van der Waals surface area contributed by atoms with Crippen molar-refractivity contribution in [3.05, 3.63) is 35.1 Å². The summed E-state index contributed by atoms with van der Waals surface area (Å²) < 4.78 is 51.1. The minimum Gasteiger partial charge on any atom is -0.317 e. The number of rotatable bonds is 2. The SMILES string of the molecule is O=C(c1ccc(C(F)(F)F)c(F)c1)C1CC12CCNCC2. The Bertz CT molecular complexity index is 576. The lowest BCUT2D eigenvalue weighted by Crippen LogP contribution is -2.30. The quantitative estimate of drug-likeness (QED) is 0.670. The molecule has 21 heavy (non-hydrogen) atoms. The molecule has 0 bridgehead atoms. The fourth-order valence-corrected chi connectivity index (χ4v) is 3.30. The summed E-state index contributed by atoms with van der Waals surface area (Å²) in [5, 5.41) is 3.22. The zero-order valence-electron chi connectivity index (χ0n) is 11.3. The first-order valence-corrected chi connectivity index (χ1v) is 6.95. The fraction of sp³-hybridized carbons (Fsp3) is 0.533. The van der Waals surface area contributed by atoms with E-state index in [1.165, 1.54) is 0 Å². The molecule has 2 aliphatic rings. The molecule has 1 atom stereocenters. The van der Waals surface area contributed by atoms with Crippen LogP contribution in [0.5, 0.6) is 0 Å². The molecule has 1 heterocycles. The second-order valence-corrected chi connectivity index (χ2v) is 5.93. The average molecular weight is 301 g/mol. The van der Waals surface area contributed by atoms with E-state index in [-0.39, 0.29) is 22.7 Å². The van der Waals surface area contributed by atoms with E-state index >= 15 is 0 Å². The summed E-state index contributed by atoms with van der Waals surface area (Å²) in [7, 11) is 0. The predicted molar refractivity (Wildman–Crippen MR) is 68.4 cm³/mol. The topological polar surface area (TPSA) is 29.1 Å². The standard InChI is InChI=1S/C15H15F4NO/c16-12-7-9(1-2-10(12)15(17,18)19)13(21)11-8-14(11)3-5-20-6-4-14/h1-2,7,11,20H,3-6,8H2. The van der Waals surface area contributed by atoms with Crippen LogP contribution in [0.15, 0.2) is 18.2 Å². The summed E-state index contributed by atoms with van der Waals surface area (Å²) >= 11 is 0. The molecule has 6 heteroatoms. The zero-order chi connectivity index (χ0) is 15.3. The highest BCUT2D eigenvalue weighted by molar-refractivity contribution is 6.00. The molecule has 1 saturated heterocycles. The Labute approximate surface area is 119 Å². The van der Waals surface area contributed by atoms with Crippen LogP contribution in [-0.2, 0) is 6.18 Å². The number of halogens is 4. The molecule has 0 radical (unpaired) electrons. The molecular weight excluding hydrogens is 286 g/mol. The van der Waals surface area contributed by atoms with Gasteiger partial charge in [-0.1, -0.05) is 6.07 Å². The molecule has 0 aromatic heterocycles. The van der Waals surface area contributed by atoms with E-state index in [9.17, 15) is 22.4 Å². The van der Waals surface area contributed by atoms with Crippen LogP contribution in [0, 0.1) is 17.2 Å². The van der Waals surface area contributed by atoms with Gasteiger partial charge in [0.25, 0.3) is 0 Å². The largest absolute Gasteiger partial charge is 0.419 e. The third kappa shape index (κ3) is 2.57. The van der Waals surface area contributed by atoms with Gasteiger partial charge in [0.2, 0.25) is 0 Å². The Morgan fingerprint density at radius 2 is 1.90 bits per heavy atom. The molecule has 2 fully saturated rings. The molecule has 1 aromatic rings. The van der Waals surface area contributed by atoms with E-state index in [1.54, 1.807) is 0 Å². The van der Waals surface area contributed by atoms with Crippen LogP contribution >= 0.6 is 0 Å². The number of ketones is 1. The van der Waals surface area contributed by atoms with Gasteiger partial charge in [-0.05, 0) is 49.9 Å². The van der Waals surface area contributed by atoms with Crippen molar-refractivity contribution in [1.82, 2.24) is 5.32 Å². The lowest BCUT2D eigenvalue weighted by atomic mass is 9.89. The maximum Gasteiger partial charge on any atom is 0.419 e. The molecule has 2 nitrogen and oxygen atoms in total. The van der Waals surface area contributed by atoms with E-state index in [0.717, 1.165) is 44.5 Å². The van der Waals surface area contributed by atoms with Gasteiger partial charge in [-0.15, -0.1) is 0 Å². The molecule has 114 valence electrons. The molecular formula is C15H15F4NO. The Balaban J connectivity index is 1.79. The monoisotopic (exact) mass is 301 g/mol. The van der Waals surface area contributed by atoms with E-state index in [2.05, 4.69) is 5.32 Å². The molecule has 1 aliphatic carbocycles. The van der Waals surface area contributed by atoms with Crippen molar-refractivity contribution >= 4 is 5.78 Å². The van der Waals surface area contributed by atoms with Gasteiger partial charge in [0.1, 0.15) is 5.82 Å². The van der Waals surface area contributed by atoms with Crippen LogP contribution in [0.2, 0.25) is 0 Å². The van der Waals surface area contributed by atoms with Crippen molar-refractivity contribution in [1.29, 1.82) is 0 Å². The lowest BCUT2D eigenvalue weighted by molar-refractivity contribution is -0.140. The first kappa shape index (κ1) is 14.5. The first-order chi connectivity index (χ1) is 9.83. The van der Waals surface area contributed by atoms with E-state index < -0.39 is 17.6 Å². The van der Waals surface area contributed by atoms with Crippen molar-refractivity contribution in [2.24, 2.45) is 11.3 Å². The molecule has 0 amide bonds. The number of benzene rings is 1. The summed E-state index contributed by atoms with van der Waals surface area (Å²) in [5.41, 5.74) is -1.30. The second-order valence-electron chi connectivity index (χ2n) is 5.93. The number of nitrogens with one attached hydrogen (secondary N) is 1. The number of Topliss-reactive ketones (excluding diaryl/α,β-unsaturated/α-hetero) is 1. The van der Waals surface area contributed by atoms with Gasteiger partial charge in [-0.25, -0.2) is 4.39 Å². The van der Waals surface area contributed by atoms with Crippen LogP contribution in [0.25, 0.3) is 0 Å². The number of carbonyl (C=O) groups is 1. The van der Waals surface area contributed by atoms with Crippen molar-refractivity contribution < 1.29 is 22.4 Å². The van der Waals surface area contributed by atoms with E-state index in [0.29, 0.717) is 6.07 Å². The molecule has 1 aromatic carbocycles. The minimum atomic E-state index is -4.73. The summed E-state index contributed by atoms with van der Waals surface area (Å²) in [6.45, 7) is 1.70. The summed E-state index contributed by atoms with van der Waals surface area (Å²) in [5.74, 6) is -1.78. The van der Waals surface area contributed by atoms with Gasteiger partial charge < -0.3 is 5.32 Å². The highest BCUT2D eigenvalue weighted by atomic mass is 19.4. The average Bonchev–Trinajstić information content (AvgIpc) is 3.10. The smallest absolute Gasteiger partial charge is 0.317 e. The maximum atomic E-state index is 13.5. The van der Waals surface area contributed by atoms with Crippen LogP contribution in [0.4, 0.5) is 17.6 Å². The van der Waals surface area contributed by atoms with E-state index in [4.69, 9.17) is 0 Å². The Kier molecular flexibility index (Phi) is 3.31. The van der Waals surface area contributed by atoms with Crippen LogP contribution < -0.4 is 5.32 Å². The molecule has 3 rings (SSSR count). The second kappa shape index (κ2) is 4.80. The van der Waals surface area contributed by atoms with Crippen molar-refractivity contribution in [3.63, 3.8) is 0 Å². The number of hydrogen-bond donors (Lipinski definition) is 1. The van der Waals surface area contributed by atoms with Gasteiger partial charge in [-0.3, -0.25) is 4.79 Å². The fourth-order valence-electron chi connectivity index (χ4n) is 3.30. The van der Waals surface area contributed by atoms with Crippen molar-refractivity contribution in [2.75, 3.05) is 13.1 Å². The Morgan fingerprint density at radius 3 is 2.48 bits per heavy atom. The summed E-state index contributed by atoms with van der Waals surface area (Å²) in [6.07, 6.45) is -2.18. The van der Waals surface area contributed by atoms with Crippen LogP contribution in [-0.4, -0.2) is 18.9 Å². The maximum absolute atomic E-state index is 13.5. The Hall–Kier alpha value is -1.43. The molecule has 1 spiro atoms. The minimum absolute atomic E-state index is 0.0124. The number of carbonyl (C=O) groups excluding carboxylic acids is 1. The highest BCUT2D eigenvalue weighted by Crippen LogP contribution is 2.59. The Morgan fingerprint density at radius 1 is 1.24 bits per heavy atom. The van der Waals surface area contributed by atoms with Crippen molar-refractivity contribution in [3.8, 4) is 0 Å². The van der Waals surface area contributed by atoms with Gasteiger partial charge in [-0.2, -0.15) is 13.2 Å². The predicted octanol–water partition coefficient (Wildman–Crippen LogP) is 3.42. The molecule has 1 N–H and O–H groups in total. The van der Waals surface area contributed by atoms with Crippen molar-refractivity contribution in [2.45, 2.75) is 25.4 Å². The zero-order valence-corrected chi connectivity index (χ0v) is 11.3. The number of piperidine rings is 1. The molecule has 1 unspecified atom stereocenters. The molecule has 1 aliphatic heterocycles. The normalized spacial score (nSPS) is 24.1. The van der Waals surface area contributed by atoms with Gasteiger partial charge in [0.05, 0.1) is 5.56 Å². The molecule has 1 saturated carbocycles. The van der Waals surface area contributed by atoms with Crippen LogP contribution in [0.1, 0.15) is 35.2 Å². The third-order valence-electron chi connectivity index (χ3n) is 4.66. The van der Waals surface area contributed by atoms with Crippen LogP contribution in [0.3, 0.4) is 0 Å². The first-order valence-electron chi connectivity index (χ1n) is 6.95.